The molecule has 9 heteroatoms. The number of fused-ring (bicyclic) bond motifs is 1. The van der Waals surface area contributed by atoms with Crippen LogP contribution in [0.4, 0.5) is 14.5 Å². The number of piperidine rings is 1. The number of benzene rings is 2. The van der Waals surface area contributed by atoms with E-state index in [-0.39, 0.29) is 24.0 Å². The van der Waals surface area contributed by atoms with Gasteiger partial charge < -0.3 is 14.8 Å². The Labute approximate surface area is 202 Å². The third kappa shape index (κ3) is 4.94. The van der Waals surface area contributed by atoms with Gasteiger partial charge in [-0.25, -0.2) is 8.78 Å². The molecule has 1 saturated heterocycles. The molecule has 1 unspecified atom stereocenters. The minimum Gasteiger partial charge on any atom is -0.338 e. The van der Waals surface area contributed by atoms with Crippen molar-refractivity contribution in [3.63, 3.8) is 0 Å². The largest absolute Gasteiger partial charge is 0.338 e. The number of hydrogen-bond acceptors (Lipinski definition) is 4. The molecule has 0 aliphatic carbocycles. The summed E-state index contributed by atoms with van der Waals surface area (Å²) in [5.74, 6) is -0.398. The predicted octanol–water partition coefficient (Wildman–Crippen LogP) is 4.44. The van der Waals surface area contributed by atoms with E-state index < -0.39 is 17.6 Å². The average Bonchev–Trinajstić information content (AvgIpc) is 3.13. The lowest BCUT2D eigenvalue weighted by atomic mass is 9.96. The maximum absolute atomic E-state index is 14.6. The number of carbonyl (C=O) groups excluding carboxylic acids is 2. The smallest absolute Gasteiger partial charge is 0.253 e. The highest BCUT2D eigenvalue weighted by molar-refractivity contribution is 5.96. The number of carbonyl (C=O) groups is 2. The van der Waals surface area contributed by atoms with E-state index in [2.05, 4.69) is 20.1 Å². The number of nitrogens with one attached hydrogen (secondary N) is 1. The molecule has 2 aliphatic heterocycles. The van der Waals surface area contributed by atoms with Crippen molar-refractivity contribution in [1.29, 1.82) is 0 Å². The first-order valence-corrected chi connectivity index (χ1v) is 12.1. The monoisotopic (exact) mass is 479 g/mol. The lowest BCUT2D eigenvalue weighted by Gasteiger charge is -2.32. The Kier molecular flexibility index (Phi) is 6.57. The molecule has 0 spiro atoms. The second-order valence-electron chi connectivity index (χ2n) is 9.18. The number of halogens is 2. The lowest BCUT2D eigenvalue weighted by molar-refractivity contribution is -0.121. The predicted molar refractivity (Wildman–Crippen MR) is 127 cm³/mol. The van der Waals surface area contributed by atoms with Gasteiger partial charge in [-0.15, -0.1) is 10.2 Å². The first kappa shape index (κ1) is 23.1. The topological polar surface area (TPSA) is 80.1 Å². The van der Waals surface area contributed by atoms with Crippen molar-refractivity contribution in [2.45, 2.75) is 45.1 Å². The summed E-state index contributed by atoms with van der Waals surface area (Å²) in [5.41, 5.74) is 1.15. The van der Waals surface area contributed by atoms with Crippen LogP contribution in [0.3, 0.4) is 0 Å². The molecule has 1 aromatic heterocycles. The molecule has 0 saturated carbocycles. The summed E-state index contributed by atoms with van der Waals surface area (Å²) in [6, 6.07) is 9.93. The van der Waals surface area contributed by atoms with Crippen LogP contribution < -0.4 is 5.32 Å². The van der Waals surface area contributed by atoms with Gasteiger partial charge in [-0.05, 0) is 68.1 Å². The summed E-state index contributed by atoms with van der Waals surface area (Å²) in [6.45, 7) is 1.56. The molecule has 3 aromatic rings. The van der Waals surface area contributed by atoms with Crippen LogP contribution in [-0.2, 0) is 17.8 Å². The molecule has 3 heterocycles. The van der Waals surface area contributed by atoms with E-state index in [1.54, 1.807) is 17.0 Å². The van der Waals surface area contributed by atoms with Crippen LogP contribution in [-0.4, -0.2) is 44.6 Å². The van der Waals surface area contributed by atoms with E-state index >= 15 is 0 Å². The molecule has 35 heavy (non-hydrogen) atoms. The van der Waals surface area contributed by atoms with E-state index in [1.165, 1.54) is 30.3 Å². The zero-order valence-corrected chi connectivity index (χ0v) is 19.3. The number of rotatable bonds is 4. The first-order chi connectivity index (χ1) is 17.0. The van der Waals surface area contributed by atoms with Gasteiger partial charge in [-0.3, -0.25) is 9.59 Å². The summed E-state index contributed by atoms with van der Waals surface area (Å²) < 4.78 is 29.9. The molecular weight excluding hydrogens is 452 g/mol. The summed E-state index contributed by atoms with van der Waals surface area (Å²) in [5, 5.41) is 11.4. The normalized spacial score (nSPS) is 18.0. The summed E-state index contributed by atoms with van der Waals surface area (Å²) in [7, 11) is 0. The maximum atomic E-state index is 14.6. The lowest BCUT2D eigenvalue weighted by Crippen LogP contribution is -2.43. The van der Waals surface area contributed by atoms with E-state index in [0.717, 1.165) is 38.1 Å². The summed E-state index contributed by atoms with van der Waals surface area (Å²) in [4.78, 5) is 27.4. The molecule has 7 nitrogen and oxygen atoms in total. The summed E-state index contributed by atoms with van der Waals surface area (Å²) in [6.07, 6.45) is 5.36. The number of aryl methyl sites for hydroxylation is 1. The van der Waals surface area contributed by atoms with Crippen LogP contribution in [0.15, 0.2) is 42.5 Å². The third-order valence-electron chi connectivity index (χ3n) is 6.76. The number of likely N-dealkylation sites (tertiary alicyclic amines) is 1. The van der Waals surface area contributed by atoms with Gasteiger partial charge in [0.2, 0.25) is 5.91 Å². The molecular formula is C26H27F2N5O2. The van der Waals surface area contributed by atoms with E-state index in [0.29, 0.717) is 36.3 Å². The molecule has 2 aliphatic rings. The van der Waals surface area contributed by atoms with Crippen molar-refractivity contribution >= 4 is 17.5 Å². The minimum absolute atomic E-state index is 0.0838. The number of nitrogens with zero attached hydrogens (tertiary/aromatic N) is 4. The zero-order chi connectivity index (χ0) is 24.4. The molecule has 2 aromatic carbocycles. The zero-order valence-electron chi connectivity index (χ0n) is 19.3. The van der Waals surface area contributed by atoms with Crippen LogP contribution in [0.1, 0.15) is 48.3 Å². The Morgan fingerprint density at radius 1 is 0.943 bits per heavy atom. The van der Waals surface area contributed by atoms with Crippen LogP contribution in [0.5, 0.6) is 0 Å². The van der Waals surface area contributed by atoms with Crippen LogP contribution in [0.25, 0.3) is 11.4 Å². The van der Waals surface area contributed by atoms with Crippen molar-refractivity contribution in [3.8, 4) is 11.4 Å². The first-order valence-electron chi connectivity index (χ1n) is 12.1. The SMILES string of the molecule is O=C(Nc1cc(-c2nnc3n2CCCCC3)ccc1F)C1CCCN(C(=O)c2ccc(F)cc2)C1. The van der Waals surface area contributed by atoms with Crippen molar-refractivity contribution in [1.82, 2.24) is 19.7 Å². The molecule has 5 rings (SSSR count). The molecule has 1 N–H and O–H groups in total. The van der Waals surface area contributed by atoms with Gasteiger partial charge in [0.15, 0.2) is 5.82 Å². The second kappa shape index (κ2) is 9.93. The third-order valence-corrected chi connectivity index (χ3v) is 6.76. The summed E-state index contributed by atoms with van der Waals surface area (Å²) >= 11 is 0. The average molecular weight is 480 g/mol. The molecule has 1 fully saturated rings. The highest BCUT2D eigenvalue weighted by Gasteiger charge is 2.29. The molecule has 182 valence electrons. The van der Waals surface area contributed by atoms with Crippen LogP contribution >= 0.6 is 0 Å². The quantitative estimate of drug-likeness (QED) is 0.600. The van der Waals surface area contributed by atoms with Crippen molar-refractivity contribution < 1.29 is 18.4 Å². The molecule has 0 bridgehead atoms. The Hall–Kier alpha value is -3.62. The van der Waals surface area contributed by atoms with Crippen LogP contribution in [0.2, 0.25) is 0 Å². The van der Waals surface area contributed by atoms with Gasteiger partial charge in [0, 0.05) is 37.2 Å². The Morgan fingerprint density at radius 2 is 1.77 bits per heavy atom. The fraction of sp³-hybridized carbons (Fsp3) is 0.385. The number of amides is 2. The van der Waals surface area contributed by atoms with Gasteiger partial charge in [-0.1, -0.05) is 6.42 Å². The van der Waals surface area contributed by atoms with Gasteiger partial charge in [0.25, 0.3) is 5.91 Å². The van der Waals surface area contributed by atoms with E-state index in [1.807, 2.05) is 0 Å². The highest BCUT2D eigenvalue weighted by Crippen LogP contribution is 2.28. The minimum atomic E-state index is -0.534. The second-order valence-corrected chi connectivity index (χ2v) is 9.18. The Balaban J connectivity index is 1.30. The van der Waals surface area contributed by atoms with Crippen molar-refractivity contribution in [3.05, 3.63) is 65.5 Å². The van der Waals surface area contributed by atoms with E-state index in [4.69, 9.17) is 0 Å². The van der Waals surface area contributed by atoms with Crippen molar-refractivity contribution in [2.24, 2.45) is 5.92 Å². The van der Waals surface area contributed by atoms with Crippen molar-refractivity contribution in [2.75, 3.05) is 18.4 Å². The number of aromatic nitrogens is 3. The Bertz CT molecular complexity index is 1240. The number of hydrogen-bond donors (Lipinski definition) is 1. The highest BCUT2D eigenvalue weighted by atomic mass is 19.1. The fourth-order valence-corrected chi connectivity index (χ4v) is 4.84. The molecule has 2 amide bonds. The molecule has 1 atom stereocenters. The fourth-order valence-electron chi connectivity index (χ4n) is 4.84. The Morgan fingerprint density at radius 3 is 2.60 bits per heavy atom. The maximum Gasteiger partial charge on any atom is 0.253 e. The van der Waals surface area contributed by atoms with Gasteiger partial charge in [0.1, 0.15) is 17.5 Å². The molecule has 0 radical (unpaired) electrons. The van der Waals surface area contributed by atoms with E-state index in [9.17, 15) is 18.4 Å². The standard InChI is InChI=1S/C26H27F2N5O2/c27-20-10-7-17(8-11-20)26(35)32-13-4-5-19(16-32)25(34)29-22-15-18(9-12-21(22)28)24-31-30-23-6-2-1-3-14-33(23)24/h7-12,15,19H,1-6,13-14,16H2,(H,29,34). The number of anilines is 1. The van der Waals surface area contributed by atoms with Gasteiger partial charge in [-0.2, -0.15) is 0 Å². The van der Waals surface area contributed by atoms with Gasteiger partial charge in [0.05, 0.1) is 11.6 Å². The van der Waals surface area contributed by atoms with Crippen LogP contribution in [0, 0.1) is 17.6 Å². The van der Waals surface area contributed by atoms with Gasteiger partial charge >= 0.3 is 0 Å².